The first kappa shape index (κ1) is 6.86. The second-order valence-corrected chi connectivity index (χ2v) is 1.87. The lowest BCUT2D eigenvalue weighted by molar-refractivity contribution is 0.851. The maximum absolute atomic E-state index is 4.04. The molecular formula is C7H11N3. The van der Waals surface area contributed by atoms with Gasteiger partial charge in [-0.05, 0) is 13.0 Å². The van der Waals surface area contributed by atoms with Gasteiger partial charge in [0.05, 0.1) is 0 Å². The summed E-state index contributed by atoms with van der Waals surface area (Å²) in [6.07, 6.45) is 5.31. The lowest BCUT2D eigenvalue weighted by Crippen LogP contribution is -2.13. The molecule has 0 aliphatic carbocycles. The second-order valence-electron chi connectivity index (χ2n) is 1.87. The van der Waals surface area contributed by atoms with Crippen LogP contribution in [0.2, 0.25) is 0 Å². The van der Waals surface area contributed by atoms with E-state index in [0.29, 0.717) is 0 Å². The molecule has 54 valence electrons. The van der Waals surface area contributed by atoms with Gasteiger partial charge in [0.1, 0.15) is 5.82 Å². The Balaban J connectivity index is 2.79. The van der Waals surface area contributed by atoms with Crippen molar-refractivity contribution in [1.82, 2.24) is 9.66 Å². The third kappa shape index (κ3) is 1.18. The molecule has 0 saturated heterocycles. The first-order valence-corrected chi connectivity index (χ1v) is 3.28. The van der Waals surface area contributed by atoms with Crippen LogP contribution in [0.25, 0.3) is 6.08 Å². The molecule has 1 aromatic rings. The van der Waals surface area contributed by atoms with Gasteiger partial charge in [0.25, 0.3) is 0 Å². The van der Waals surface area contributed by atoms with Crippen LogP contribution in [0, 0.1) is 0 Å². The van der Waals surface area contributed by atoms with E-state index in [1.54, 1.807) is 12.3 Å². The third-order valence-electron chi connectivity index (χ3n) is 1.18. The minimum atomic E-state index is 0.849. The minimum Gasteiger partial charge on any atom is -0.325 e. The summed E-state index contributed by atoms with van der Waals surface area (Å²) in [5, 5.41) is 0. The SMILES string of the molecule is C=Cc1nccn1NCC. The van der Waals surface area contributed by atoms with Gasteiger partial charge in [0, 0.05) is 18.9 Å². The topological polar surface area (TPSA) is 29.9 Å². The van der Waals surface area contributed by atoms with Crippen LogP contribution in [-0.4, -0.2) is 16.2 Å². The van der Waals surface area contributed by atoms with Crippen LogP contribution in [0.3, 0.4) is 0 Å². The highest BCUT2D eigenvalue weighted by molar-refractivity contribution is 5.36. The first-order valence-electron chi connectivity index (χ1n) is 3.28. The van der Waals surface area contributed by atoms with E-state index >= 15 is 0 Å². The Kier molecular flexibility index (Phi) is 2.10. The zero-order chi connectivity index (χ0) is 7.40. The fourth-order valence-corrected chi connectivity index (χ4v) is 0.770. The maximum Gasteiger partial charge on any atom is 0.150 e. The number of hydrogen-bond acceptors (Lipinski definition) is 2. The number of imidazole rings is 1. The molecule has 0 fully saturated rings. The van der Waals surface area contributed by atoms with Crippen molar-refractivity contribution in [1.29, 1.82) is 0 Å². The van der Waals surface area contributed by atoms with Gasteiger partial charge in [-0.1, -0.05) is 6.58 Å². The quantitative estimate of drug-likeness (QED) is 0.675. The highest BCUT2D eigenvalue weighted by atomic mass is 15.4. The summed E-state index contributed by atoms with van der Waals surface area (Å²) < 4.78 is 1.84. The van der Waals surface area contributed by atoms with E-state index in [0.717, 1.165) is 12.4 Å². The van der Waals surface area contributed by atoms with Crippen LogP contribution in [0.5, 0.6) is 0 Å². The third-order valence-corrected chi connectivity index (χ3v) is 1.18. The molecule has 1 heterocycles. The Bertz CT molecular complexity index is 214. The first-order chi connectivity index (χ1) is 4.88. The zero-order valence-corrected chi connectivity index (χ0v) is 6.04. The molecule has 3 nitrogen and oxygen atoms in total. The summed E-state index contributed by atoms with van der Waals surface area (Å²) in [5.74, 6) is 0.849. The Labute approximate surface area is 60.4 Å². The van der Waals surface area contributed by atoms with Crippen LogP contribution in [0.15, 0.2) is 19.0 Å². The Morgan fingerprint density at radius 3 is 3.30 bits per heavy atom. The molecule has 1 aromatic heterocycles. The molecule has 0 bridgehead atoms. The summed E-state index contributed by atoms with van der Waals surface area (Å²) in [5.41, 5.74) is 3.09. The molecule has 0 radical (unpaired) electrons. The molecule has 0 aliphatic rings. The number of nitrogens with one attached hydrogen (secondary N) is 1. The molecule has 0 aromatic carbocycles. The van der Waals surface area contributed by atoms with E-state index in [1.165, 1.54) is 0 Å². The van der Waals surface area contributed by atoms with Crippen LogP contribution < -0.4 is 5.43 Å². The zero-order valence-electron chi connectivity index (χ0n) is 6.04. The van der Waals surface area contributed by atoms with Crippen molar-refractivity contribution in [2.45, 2.75) is 6.92 Å². The molecule has 0 saturated carbocycles. The van der Waals surface area contributed by atoms with Crippen molar-refractivity contribution < 1.29 is 0 Å². The molecule has 0 atom stereocenters. The lowest BCUT2D eigenvalue weighted by Gasteiger charge is -2.04. The van der Waals surface area contributed by atoms with Gasteiger partial charge in [0.15, 0.2) is 0 Å². The van der Waals surface area contributed by atoms with E-state index < -0.39 is 0 Å². The molecular weight excluding hydrogens is 126 g/mol. The van der Waals surface area contributed by atoms with Gasteiger partial charge in [-0.2, -0.15) is 0 Å². The van der Waals surface area contributed by atoms with Crippen LogP contribution in [0.4, 0.5) is 0 Å². The summed E-state index contributed by atoms with van der Waals surface area (Å²) in [4.78, 5) is 4.04. The highest BCUT2D eigenvalue weighted by Gasteiger charge is 1.92. The lowest BCUT2D eigenvalue weighted by atomic mass is 10.6. The number of nitrogens with zero attached hydrogens (tertiary/aromatic N) is 2. The molecule has 10 heavy (non-hydrogen) atoms. The average molecular weight is 137 g/mol. The van der Waals surface area contributed by atoms with E-state index in [2.05, 4.69) is 17.0 Å². The van der Waals surface area contributed by atoms with Crippen LogP contribution >= 0.6 is 0 Å². The number of aromatic nitrogens is 2. The Hall–Kier alpha value is -1.25. The van der Waals surface area contributed by atoms with Crippen molar-refractivity contribution in [3.63, 3.8) is 0 Å². The van der Waals surface area contributed by atoms with Crippen molar-refractivity contribution >= 4 is 6.08 Å². The largest absolute Gasteiger partial charge is 0.325 e. The predicted octanol–water partition coefficient (Wildman–Crippen LogP) is 1.09. The van der Waals surface area contributed by atoms with Crippen molar-refractivity contribution in [2.75, 3.05) is 12.0 Å². The summed E-state index contributed by atoms with van der Waals surface area (Å²) in [6.45, 7) is 6.54. The highest BCUT2D eigenvalue weighted by Crippen LogP contribution is 1.94. The fourth-order valence-electron chi connectivity index (χ4n) is 0.770. The normalized spacial score (nSPS) is 9.30. The van der Waals surface area contributed by atoms with Gasteiger partial charge >= 0.3 is 0 Å². The summed E-state index contributed by atoms with van der Waals surface area (Å²) in [6, 6.07) is 0. The Morgan fingerprint density at radius 1 is 1.90 bits per heavy atom. The van der Waals surface area contributed by atoms with Gasteiger partial charge < -0.3 is 5.43 Å². The van der Waals surface area contributed by atoms with Crippen molar-refractivity contribution in [3.05, 3.63) is 24.8 Å². The molecule has 0 amide bonds. The molecule has 0 aliphatic heterocycles. The second kappa shape index (κ2) is 3.06. The van der Waals surface area contributed by atoms with E-state index in [1.807, 2.05) is 17.8 Å². The van der Waals surface area contributed by atoms with E-state index in [9.17, 15) is 0 Å². The molecule has 1 rings (SSSR count). The van der Waals surface area contributed by atoms with Gasteiger partial charge in [-0.3, -0.25) is 0 Å². The van der Waals surface area contributed by atoms with Crippen LogP contribution in [0.1, 0.15) is 12.7 Å². The van der Waals surface area contributed by atoms with E-state index in [-0.39, 0.29) is 0 Å². The molecule has 3 heteroatoms. The van der Waals surface area contributed by atoms with Crippen molar-refractivity contribution in [2.24, 2.45) is 0 Å². The monoisotopic (exact) mass is 137 g/mol. The minimum absolute atomic E-state index is 0.849. The standard InChI is InChI=1S/C7H11N3/c1-3-7-8-5-6-10(7)9-4-2/h3,5-6,9H,1,4H2,2H3. The average Bonchev–Trinajstić information content (AvgIpc) is 2.36. The summed E-state index contributed by atoms with van der Waals surface area (Å²) >= 11 is 0. The van der Waals surface area contributed by atoms with E-state index in [4.69, 9.17) is 0 Å². The Morgan fingerprint density at radius 2 is 2.70 bits per heavy atom. The smallest absolute Gasteiger partial charge is 0.150 e. The van der Waals surface area contributed by atoms with Gasteiger partial charge in [-0.15, -0.1) is 0 Å². The van der Waals surface area contributed by atoms with Gasteiger partial charge in [0.2, 0.25) is 0 Å². The molecule has 0 unspecified atom stereocenters. The maximum atomic E-state index is 4.04. The van der Waals surface area contributed by atoms with Gasteiger partial charge in [-0.25, -0.2) is 9.66 Å². The van der Waals surface area contributed by atoms with Crippen LogP contribution in [-0.2, 0) is 0 Å². The van der Waals surface area contributed by atoms with Crippen molar-refractivity contribution in [3.8, 4) is 0 Å². The number of rotatable bonds is 3. The number of hydrogen-bond donors (Lipinski definition) is 1. The fraction of sp³-hybridized carbons (Fsp3) is 0.286. The predicted molar refractivity (Wildman–Crippen MR) is 42.2 cm³/mol. The molecule has 0 spiro atoms. The molecule has 1 N–H and O–H groups in total. The summed E-state index contributed by atoms with van der Waals surface area (Å²) in [7, 11) is 0.